The van der Waals surface area contributed by atoms with E-state index in [1.807, 2.05) is 0 Å². The zero-order valence-electron chi connectivity index (χ0n) is 27.0. The maximum Gasteiger partial charge on any atom is 0.0701 e. The van der Waals surface area contributed by atoms with Crippen molar-refractivity contribution in [3.63, 3.8) is 0 Å². The lowest BCUT2D eigenvalue weighted by Gasteiger charge is -2.08. The largest absolute Gasteiger partial charge is 0.394 e. The van der Waals surface area contributed by atoms with Crippen LogP contribution in [-0.2, 0) is 42.6 Å². The molecule has 0 bridgehead atoms. The molecule has 10 nitrogen and oxygen atoms in total. The zero-order valence-corrected chi connectivity index (χ0v) is 27.0. The smallest absolute Gasteiger partial charge is 0.0701 e. The predicted octanol–water partition coefficient (Wildman–Crippen LogP) is 4.83. The average molecular weight is 611 g/mol. The van der Waals surface area contributed by atoms with E-state index in [1.54, 1.807) is 0 Å². The van der Waals surface area contributed by atoms with Gasteiger partial charge in [0.05, 0.1) is 106 Å². The van der Waals surface area contributed by atoms with Crippen LogP contribution in [0.25, 0.3) is 0 Å². The summed E-state index contributed by atoms with van der Waals surface area (Å²) in [5.74, 6) is 0. The van der Waals surface area contributed by atoms with Crippen LogP contribution >= 0.6 is 0 Å². The van der Waals surface area contributed by atoms with Gasteiger partial charge in [0, 0.05) is 19.8 Å². The molecule has 0 aliphatic carbocycles. The van der Waals surface area contributed by atoms with E-state index < -0.39 is 0 Å². The fraction of sp³-hybridized carbons (Fsp3) is 1.00. The van der Waals surface area contributed by atoms with Crippen molar-refractivity contribution in [2.45, 2.75) is 84.0 Å². The van der Waals surface area contributed by atoms with Crippen LogP contribution in [0.3, 0.4) is 0 Å². The normalized spacial score (nSPS) is 11.6. The molecule has 0 aromatic heterocycles. The van der Waals surface area contributed by atoms with Gasteiger partial charge in [0.15, 0.2) is 0 Å². The highest BCUT2D eigenvalue weighted by atomic mass is 16.6. The monoisotopic (exact) mass is 610 g/mol. The van der Waals surface area contributed by atoms with Crippen molar-refractivity contribution in [2.24, 2.45) is 0 Å². The van der Waals surface area contributed by atoms with E-state index in [0.29, 0.717) is 99.1 Å². The molecule has 1 N–H and O–H groups in total. The van der Waals surface area contributed by atoms with Crippen LogP contribution in [-0.4, -0.2) is 131 Å². The van der Waals surface area contributed by atoms with Gasteiger partial charge in [-0.15, -0.1) is 0 Å². The van der Waals surface area contributed by atoms with Crippen LogP contribution in [0.5, 0.6) is 0 Å². The van der Waals surface area contributed by atoms with E-state index in [0.717, 1.165) is 32.7 Å². The number of unbranched alkanes of at least 4 members (excludes halogenated alkanes) is 10. The molecule has 0 aromatic rings. The highest BCUT2D eigenvalue weighted by Gasteiger charge is 1.97. The van der Waals surface area contributed by atoms with Crippen molar-refractivity contribution >= 4 is 0 Å². The minimum atomic E-state index is 0.0329. The number of hydrogen-bond donors (Lipinski definition) is 1. The first-order chi connectivity index (χ1) is 20.9. The molecule has 0 aliphatic rings. The third kappa shape index (κ3) is 39.6. The minimum absolute atomic E-state index is 0.0329. The molecule has 0 rings (SSSR count). The molecule has 0 radical (unpaired) electrons. The lowest BCUT2D eigenvalue weighted by Crippen LogP contribution is -2.15. The summed E-state index contributed by atoms with van der Waals surface area (Å²) >= 11 is 0. The third-order valence-corrected chi connectivity index (χ3v) is 6.31. The fourth-order valence-electron chi connectivity index (χ4n) is 3.91. The molecule has 0 aliphatic heterocycles. The quantitative estimate of drug-likeness (QED) is 0.0974. The Morgan fingerprint density at radius 2 is 0.476 bits per heavy atom. The molecule has 0 atom stereocenters. The Morgan fingerprint density at radius 1 is 0.262 bits per heavy atom. The van der Waals surface area contributed by atoms with E-state index >= 15 is 0 Å². The SMILES string of the molecule is CCCCCCCCCCCCOCCCCOCCOCCOCCOCCOCCOCCOCCOCCO. The van der Waals surface area contributed by atoms with E-state index in [-0.39, 0.29) is 6.61 Å². The second kappa shape index (κ2) is 40.6. The van der Waals surface area contributed by atoms with E-state index in [2.05, 4.69) is 6.92 Å². The maximum absolute atomic E-state index is 8.58. The topological polar surface area (TPSA) is 103 Å². The maximum atomic E-state index is 8.58. The number of hydrogen-bond acceptors (Lipinski definition) is 10. The van der Waals surface area contributed by atoms with Crippen molar-refractivity contribution in [1.82, 2.24) is 0 Å². The second-order valence-electron chi connectivity index (χ2n) is 10.1. The molecular weight excluding hydrogens is 544 g/mol. The first kappa shape index (κ1) is 41.6. The van der Waals surface area contributed by atoms with Gasteiger partial charge in [-0.25, -0.2) is 0 Å². The van der Waals surface area contributed by atoms with Crippen LogP contribution in [0, 0.1) is 0 Å². The Hall–Kier alpha value is -0.400. The molecule has 0 amide bonds. The third-order valence-electron chi connectivity index (χ3n) is 6.31. The van der Waals surface area contributed by atoms with Crippen molar-refractivity contribution in [3.05, 3.63) is 0 Å². The number of rotatable bonds is 39. The van der Waals surface area contributed by atoms with Crippen LogP contribution < -0.4 is 0 Å². The molecule has 254 valence electrons. The lowest BCUT2D eigenvalue weighted by atomic mass is 10.1. The Balaban J connectivity index is 3.02. The summed E-state index contributed by atoms with van der Waals surface area (Å²) in [6.45, 7) is 12.6. The van der Waals surface area contributed by atoms with Gasteiger partial charge in [0.2, 0.25) is 0 Å². The summed E-state index contributed by atoms with van der Waals surface area (Å²) in [6, 6.07) is 0. The molecule has 0 unspecified atom stereocenters. The molecule has 0 fully saturated rings. The van der Waals surface area contributed by atoms with Gasteiger partial charge in [-0.3, -0.25) is 0 Å². The number of aliphatic hydroxyl groups excluding tert-OH is 1. The Kier molecular flexibility index (Phi) is 40.2. The first-order valence-corrected chi connectivity index (χ1v) is 16.7. The van der Waals surface area contributed by atoms with Crippen LogP contribution in [0.15, 0.2) is 0 Å². The van der Waals surface area contributed by atoms with E-state index in [9.17, 15) is 0 Å². The van der Waals surface area contributed by atoms with Gasteiger partial charge < -0.3 is 47.7 Å². The van der Waals surface area contributed by atoms with Crippen LogP contribution in [0.4, 0.5) is 0 Å². The van der Waals surface area contributed by atoms with Crippen molar-refractivity contribution < 1.29 is 47.7 Å². The molecule has 0 heterocycles. The molecule has 0 aromatic carbocycles. The van der Waals surface area contributed by atoms with E-state index in [4.69, 9.17) is 47.7 Å². The Labute approximate surface area is 257 Å². The van der Waals surface area contributed by atoms with Gasteiger partial charge in [-0.1, -0.05) is 64.7 Å². The zero-order chi connectivity index (χ0) is 30.3. The molecule has 10 heteroatoms. The molecular formula is C32H66O10. The standard InChI is InChI=1S/C32H66O10/c1-2-3-4-5-6-7-8-9-10-11-15-34-16-12-13-17-35-19-21-37-23-25-39-27-29-41-31-32-42-30-28-40-26-24-38-22-20-36-18-14-33/h33H,2-32H2,1H3. The Morgan fingerprint density at radius 3 is 0.786 bits per heavy atom. The number of ether oxygens (including phenoxy) is 9. The summed E-state index contributed by atoms with van der Waals surface area (Å²) in [5, 5.41) is 8.58. The number of aliphatic hydroxyl groups is 1. The first-order valence-electron chi connectivity index (χ1n) is 16.7. The summed E-state index contributed by atoms with van der Waals surface area (Å²) in [5.41, 5.74) is 0. The molecule has 0 saturated heterocycles. The summed E-state index contributed by atoms with van der Waals surface area (Å²) < 4.78 is 49.1. The van der Waals surface area contributed by atoms with Crippen molar-refractivity contribution in [2.75, 3.05) is 126 Å². The van der Waals surface area contributed by atoms with E-state index in [1.165, 1.54) is 64.2 Å². The summed E-state index contributed by atoms with van der Waals surface area (Å²) in [4.78, 5) is 0. The van der Waals surface area contributed by atoms with Crippen molar-refractivity contribution in [1.29, 1.82) is 0 Å². The summed E-state index contributed by atoms with van der Waals surface area (Å²) in [7, 11) is 0. The van der Waals surface area contributed by atoms with Gasteiger partial charge in [-0.05, 0) is 19.3 Å². The minimum Gasteiger partial charge on any atom is -0.394 e. The lowest BCUT2D eigenvalue weighted by molar-refractivity contribution is -0.0239. The van der Waals surface area contributed by atoms with Gasteiger partial charge in [0.25, 0.3) is 0 Å². The molecule has 42 heavy (non-hydrogen) atoms. The highest BCUT2D eigenvalue weighted by Crippen LogP contribution is 2.10. The van der Waals surface area contributed by atoms with Gasteiger partial charge in [-0.2, -0.15) is 0 Å². The van der Waals surface area contributed by atoms with Crippen LogP contribution in [0.2, 0.25) is 0 Å². The van der Waals surface area contributed by atoms with Gasteiger partial charge >= 0.3 is 0 Å². The summed E-state index contributed by atoms with van der Waals surface area (Å²) in [6.07, 6.45) is 15.7. The van der Waals surface area contributed by atoms with Crippen LogP contribution in [0.1, 0.15) is 84.0 Å². The molecule has 0 spiro atoms. The predicted molar refractivity (Wildman–Crippen MR) is 166 cm³/mol. The molecule has 0 saturated carbocycles. The average Bonchev–Trinajstić information content (AvgIpc) is 3.00. The van der Waals surface area contributed by atoms with Crippen molar-refractivity contribution in [3.8, 4) is 0 Å². The van der Waals surface area contributed by atoms with Gasteiger partial charge in [0.1, 0.15) is 0 Å². The highest BCUT2D eigenvalue weighted by molar-refractivity contribution is 4.48. The second-order valence-corrected chi connectivity index (χ2v) is 10.1. The fourth-order valence-corrected chi connectivity index (χ4v) is 3.91. The Bertz CT molecular complexity index is 419.